The molecule has 1 aliphatic carbocycles. The summed E-state index contributed by atoms with van der Waals surface area (Å²) >= 11 is 0. The molecule has 2 atom stereocenters. The SMILES string of the molecule is CCOC(=O)C1=C2NCC[C@@]23c2cccc(C)c2N[C@H]3c2ccccc21. The van der Waals surface area contributed by atoms with Gasteiger partial charge in [-0.25, -0.2) is 4.79 Å². The molecule has 1 spiro atoms. The van der Waals surface area contributed by atoms with Crippen LogP contribution in [0.25, 0.3) is 5.57 Å². The Morgan fingerprint density at radius 2 is 2.08 bits per heavy atom. The molecule has 2 N–H and O–H groups in total. The van der Waals surface area contributed by atoms with E-state index in [2.05, 4.69) is 47.9 Å². The standard InChI is InChI=1S/C22H22N2O2/c1-3-26-21(25)17-14-8-4-5-9-15(14)19-22(11-12-23-20(17)22)16-10-6-7-13(2)18(16)24-19/h4-10,19,23-24H,3,11-12H2,1-2H3/t19-,22-/m0/s1. The molecule has 132 valence electrons. The van der Waals surface area contributed by atoms with Crippen LogP contribution in [-0.2, 0) is 14.9 Å². The number of nitrogens with one attached hydrogen (secondary N) is 2. The summed E-state index contributed by atoms with van der Waals surface area (Å²) in [5.74, 6) is -0.233. The number of hydrogen-bond donors (Lipinski definition) is 2. The zero-order valence-electron chi connectivity index (χ0n) is 15.1. The van der Waals surface area contributed by atoms with Crippen LogP contribution in [0.1, 0.15) is 41.6 Å². The van der Waals surface area contributed by atoms with Gasteiger partial charge in [0.25, 0.3) is 0 Å². The molecule has 5 rings (SSSR count). The smallest absolute Gasteiger partial charge is 0.340 e. The summed E-state index contributed by atoms with van der Waals surface area (Å²) in [5, 5.41) is 7.34. The molecule has 0 saturated carbocycles. The molecule has 2 heterocycles. The van der Waals surface area contributed by atoms with Crippen molar-refractivity contribution in [1.29, 1.82) is 0 Å². The van der Waals surface area contributed by atoms with Gasteiger partial charge in [-0.15, -0.1) is 0 Å². The summed E-state index contributed by atoms with van der Waals surface area (Å²) in [6.45, 7) is 5.23. The minimum atomic E-state index is -0.233. The number of carbonyl (C=O) groups is 1. The zero-order chi connectivity index (χ0) is 17.9. The van der Waals surface area contributed by atoms with E-state index >= 15 is 0 Å². The molecule has 0 amide bonds. The van der Waals surface area contributed by atoms with Crippen molar-refractivity contribution in [1.82, 2.24) is 5.32 Å². The molecule has 1 fully saturated rings. The van der Waals surface area contributed by atoms with E-state index in [4.69, 9.17) is 4.74 Å². The van der Waals surface area contributed by atoms with Crippen molar-refractivity contribution in [2.24, 2.45) is 0 Å². The van der Waals surface area contributed by atoms with Crippen molar-refractivity contribution in [2.75, 3.05) is 18.5 Å². The number of rotatable bonds is 2. The molecule has 26 heavy (non-hydrogen) atoms. The fourth-order valence-electron chi connectivity index (χ4n) is 5.06. The van der Waals surface area contributed by atoms with E-state index in [1.807, 2.05) is 19.1 Å². The first kappa shape index (κ1) is 15.5. The van der Waals surface area contributed by atoms with Gasteiger partial charge in [0.05, 0.1) is 23.6 Å². The molecule has 2 aromatic rings. The van der Waals surface area contributed by atoms with E-state index in [1.165, 1.54) is 22.4 Å². The highest BCUT2D eigenvalue weighted by Crippen LogP contribution is 2.61. The number of esters is 1. The number of ether oxygens (including phenoxy) is 1. The van der Waals surface area contributed by atoms with Crippen LogP contribution in [0, 0.1) is 6.92 Å². The van der Waals surface area contributed by atoms with Crippen molar-refractivity contribution in [3.8, 4) is 0 Å². The summed E-state index contributed by atoms with van der Waals surface area (Å²) in [6, 6.07) is 14.8. The van der Waals surface area contributed by atoms with Gasteiger partial charge in [-0.05, 0) is 42.5 Å². The average molecular weight is 346 g/mol. The average Bonchev–Trinajstić information content (AvgIpc) is 3.22. The lowest BCUT2D eigenvalue weighted by molar-refractivity contribution is -0.136. The monoisotopic (exact) mass is 346 g/mol. The Kier molecular flexibility index (Phi) is 3.20. The van der Waals surface area contributed by atoms with Gasteiger partial charge in [-0.1, -0.05) is 42.5 Å². The summed E-state index contributed by atoms with van der Waals surface area (Å²) in [4.78, 5) is 12.9. The number of anilines is 1. The van der Waals surface area contributed by atoms with Gasteiger partial charge in [0.1, 0.15) is 0 Å². The third-order valence-electron chi connectivity index (χ3n) is 6.07. The second-order valence-electron chi connectivity index (χ2n) is 7.28. The molecule has 3 aliphatic rings. The Hall–Kier alpha value is -2.75. The third-order valence-corrected chi connectivity index (χ3v) is 6.07. The van der Waals surface area contributed by atoms with E-state index in [-0.39, 0.29) is 17.4 Å². The molecule has 0 aromatic heterocycles. The first-order valence-corrected chi connectivity index (χ1v) is 9.30. The van der Waals surface area contributed by atoms with Gasteiger partial charge in [0.2, 0.25) is 0 Å². The maximum Gasteiger partial charge on any atom is 0.340 e. The summed E-state index contributed by atoms with van der Waals surface area (Å²) < 4.78 is 5.45. The van der Waals surface area contributed by atoms with Crippen molar-refractivity contribution in [3.63, 3.8) is 0 Å². The Bertz CT molecular complexity index is 962. The second-order valence-corrected chi connectivity index (χ2v) is 7.28. The van der Waals surface area contributed by atoms with Crippen molar-refractivity contribution < 1.29 is 9.53 Å². The van der Waals surface area contributed by atoms with E-state index in [0.29, 0.717) is 12.2 Å². The van der Waals surface area contributed by atoms with Crippen LogP contribution < -0.4 is 10.6 Å². The van der Waals surface area contributed by atoms with Crippen LogP contribution in [-0.4, -0.2) is 19.1 Å². The maximum atomic E-state index is 12.9. The van der Waals surface area contributed by atoms with Gasteiger partial charge in [-0.3, -0.25) is 0 Å². The number of para-hydroxylation sites is 1. The number of benzene rings is 2. The van der Waals surface area contributed by atoms with E-state index in [1.54, 1.807) is 0 Å². The highest BCUT2D eigenvalue weighted by Gasteiger charge is 2.57. The minimum Gasteiger partial charge on any atom is -0.462 e. The minimum absolute atomic E-state index is 0.137. The summed E-state index contributed by atoms with van der Waals surface area (Å²) in [7, 11) is 0. The van der Waals surface area contributed by atoms with Gasteiger partial charge in [0, 0.05) is 17.9 Å². The Balaban J connectivity index is 1.85. The second kappa shape index (κ2) is 5.37. The molecule has 0 radical (unpaired) electrons. The number of fused-ring (bicyclic) bond motifs is 3. The Labute approximate surface area is 153 Å². The molecule has 2 aliphatic heterocycles. The highest BCUT2D eigenvalue weighted by molar-refractivity contribution is 6.19. The molecular weight excluding hydrogens is 324 g/mol. The maximum absolute atomic E-state index is 12.9. The Morgan fingerprint density at radius 1 is 1.23 bits per heavy atom. The fraction of sp³-hybridized carbons (Fsp3) is 0.318. The molecule has 1 saturated heterocycles. The van der Waals surface area contributed by atoms with Gasteiger partial charge < -0.3 is 15.4 Å². The molecule has 2 aromatic carbocycles. The number of aryl methyl sites for hydroxylation is 1. The van der Waals surface area contributed by atoms with Crippen molar-refractivity contribution in [3.05, 3.63) is 70.4 Å². The first-order valence-electron chi connectivity index (χ1n) is 9.30. The van der Waals surface area contributed by atoms with Crippen molar-refractivity contribution >= 4 is 17.2 Å². The topological polar surface area (TPSA) is 50.4 Å². The largest absolute Gasteiger partial charge is 0.462 e. The van der Waals surface area contributed by atoms with Gasteiger partial charge in [0.15, 0.2) is 0 Å². The molecule has 0 bridgehead atoms. The van der Waals surface area contributed by atoms with Crippen molar-refractivity contribution in [2.45, 2.75) is 31.7 Å². The zero-order valence-corrected chi connectivity index (χ0v) is 15.1. The summed E-state index contributed by atoms with van der Waals surface area (Å²) in [5.41, 5.74) is 7.40. The predicted molar refractivity (Wildman–Crippen MR) is 102 cm³/mol. The highest BCUT2D eigenvalue weighted by atomic mass is 16.5. The molecule has 4 nitrogen and oxygen atoms in total. The van der Waals surface area contributed by atoms with E-state index in [9.17, 15) is 4.79 Å². The predicted octanol–water partition coefficient (Wildman–Crippen LogP) is 3.68. The van der Waals surface area contributed by atoms with Crippen LogP contribution in [0.15, 0.2) is 48.2 Å². The van der Waals surface area contributed by atoms with Crippen LogP contribution in [0.2, 0.25) is 0 Å². The van der Waals surface area contributed by atoms with Crippen LogP contribution in [0.4, 0.5) is 5.69 Å². The lowest BCUT2D eigenvalue weighted by Gasteiger charge is -2.39. The number of carbonyl (C=O) groups excluding carboxylic acids is 1. The first-order chi connectivity index (χ1) is 12.7. The molecule has 0 unspecified atom stereocenters. The normalized spacial score (nSPS) is 24.8. The fourth-order valence-corrected chi connectivity index (χ4v) is 5.06. The quantitative estimate of drug-likeness (QED) is 0.815. The lowest BCUT2D eigenvalue weighted by atomic mass is 9.65. The van der Waals surface area contributed by atoms with Crippen LogP contribution in [0.5, 0.6) is 0 Å². The van der Waals surface area contributed by atoms with Gasteiger partial charge >= 0.3 is 5.97 Å². The van der Waals surface area contributed by atoms with E-state index < -0.39 is 0 Å². The Morgan fingerprint density at radius 3 is 2.92 bits per heavy atom. The third kappa shape index (κ3) is 1.77. The van der Waals surface area contributed by atoms with Crippen LogP contribution in [0.3, 0.4) is 0 Å². The lowest BCUT2D eigenvalue weighted by Crippen LogP contribution is -2.38. The summed E-state index contributed by atoms with van der Waals surface area (Å²) in [6.07, 6.45) is 0.966. The molecular formula is C22H22N2O2. The molecule has 4 heteroatoms. The van der Waals surface area contributed by atoms with Gasteiger partial charge in [-0.2, -0.15) is 0 Å². The van der Waals surface area contributed by atoms with E-state index in [0.717, 1.165) is 24.2 Å². The number of hydrogen-bond acceptors (Lipinski definition) is 4. The van der Waals surface area contributed by atoms with Crippen LogP contribution >= 0.6 is 0 Å².